The van der Waals surface area contributed by atoms with Gasteiger partial charge in [-0.15, -0.1) is 21.8 Å². The zero-order valence-electron chi connectivity index (χ0n) is 11.7. The number of hydrogen-bond donors (Lipinski definition) is 0. The van der Waals surface area contributed by atoms with E-state index in [9.17, 15) is 0 Å². The largest absolute Gasteiger partial charge is 0.278 e. The quantitative estimate of drug-likeness (QED) is 0.691. The van der Waals surface area contributed by atoms with Crippen LogP contribution in [0.25, 0.3) is 17.1 Å². The van der Waals surface area contributed by atoms with Gasteiger partial charge in [-0.2, -0.15) is 0 Å². The van der Waals surface area contributed by atoms with Crippen LogP contribution in [0.4, 0.5) is 0 Å². The van der Waals surface area contributed by atoms with Crippen molar-refractivity contribution in [2.24, 2.45) is 0 Å². The molecule has 0 N–H and O–H groups in total. The van der Waals surface area contributed by atoms with E-state index in [1.165, 1.54) is 5.56 Å². The lowest BCUT2D eigenvalue weighted by Crippen LogP contribution is -2.02. The van der Waals surface area contributed by atoms with Crippen LogP contribution in [0.2, 0.25) is 0 Å². The van der Waals surface area contributed by atoms with E-state index in [1.54, 1.807) is 12.4 Å². The van der Waals surface area contributed by atoms with Crippen LogP contribution < -0.4 is 0 Å². The first-order chi connectivity index (χ1) is 10.3. The second-order valence-corrected chi connectivity index (χ2v) is 4.93. The van der Waals surface area contributed by atoms with Gasteiger partial charge in [0.05, 0.1) is 5.88 Å². The van der Waals surface area contributed by atoms with E-state index < -0.39 is 0 Å². The van der Waals surface area contributed by atoms with Gasteiger partial charge in [0.2, 0.25) is 0 Å². The second kappa shape index (κ2) is 6.06. The monoisotopic (exact) mass is 298 g/mol. The molecule has 0 bridgehead atoms. The summed E-state index contributed by atoms with van der Waals surface area (Å²) in [6, 6.07) is 12.2. The lowest BCUT2D eigenvalue weighted by atomic mass is 10.1. The molecule has 0 atom stereocenters. The van der Waals surface area contributed by atoms with E-state index in [-0.39, 0.29) is 0 Å². The highest BCUT2D eigenvalue weighted by Gasteiger charge is 2.14. The molecule has 3 rings (SSSR count). The molecule has 21 heavy (non-hydrogen) atoms. The molecule has 0 fully saturated rings. The van der Waals surface area contributed by atoms with E-state index in [0.29, 0.717) is 5.88 Å². The predicted octanol–water partition coefficient (Wildman–Crippen LogP) is 3.63. The van der Waals surface area contributed by atoms with Crippen molar-refractivity contribution in [3.8, 4) is 17.1 Å². The van der Waals surface area contributed by atoms with Gasteiger partial charge in [0.25, 0.3) is 0 Å². The first-order valence-electron chi connectivity index (χ1n) is 6.83. The molecule has 0 aliphatic carbocycles. The van der Waals surface area contributed by atoms with Gasteiger partial charge in [-0.1, -0.05) is 19.1 Å². The van der Waals surface area contributed by atoms with Crippen molar-refractivity contribution in [2.75, 3.05) is 0 Å². The fourth-order valence-electron chi connectivity index (χ4n) is 2.24. The van der Waals surface area contributed by atoms with Crippen LogP contribution in [0.15, 0.2) is 48.8 Å². The van der Waals surface area contributed by atoms with Crippen LogP contribution in [0, 0.1) is 0 Å². The number of aromatic nitrogens is 4. The zero-order chi connectivity index (χ0) is 14.7. The number of aryl methyl sites for hydroxylation is 1. The Hall–Kier alpha value is -2.20. The molecule has 3 aromatic rings. The molecule has 2 heterocycles. The minimum absolute atomic E-state index is 0.313. The number of halogens is 1. The van der Waals surface area contributed by atoms with Gasteiger partial charge in [0.1, 0.15) is 0 Å². The Labute approximate surface area is 128 Å². The Balaban J connectivity index is 2.13. The summed E-state index contributed by atoms with van der Waals surface area (Å²) in [4.78, 5) is 4.04. The zero-order valence-corrected chi connectivity index (χ0v) is 12.5. The Morgan fingerprint density at radius 1 is 1.00 bits per heavy atom. The van der Waals surface area contributed by atoms with Crippen LogP contribution in [0.3, 0.4) is 0 Å². The highest BCUT2D eigenvalue weighted by molar-refractivity contribution is 6.16. The Bertz CT molecular complexity index is 720. The molecule has 106 valence electrons. The van der Waals surface area contributed by atoms with Crippen molar-refractivity contribution in [1.82, 2.24) is 19.7 Å². The predicted molar refractivity (Wildman–Crippen MR) is 83.5 cm³/mol. The number of rotatable bonds is 4. The average molecular weight is 299 g/mol. The van der Waals surface area contributed by atoms with Crippen LogP contribution >= 0.6 is 11.6 Å². The van der Waals surface area contributed by atoms with Gasteiger partial charge < -0.3 is 0 Å². The number of hydrogen-bond acceptors (Lipinski definition) is 3. The summed E-state index contributed by atoms with van der Waals surface area (Å²) in [6.45, 7) is 2.14. The molecule has 0 saturated heterocycles. The number of benzene rings is 1. The maximum atomic E-state index is 6.01. The maximum absolute atomic E-state index is 6.01. The van der Waals surface area contributed by atoms with Crippen LogP contribution in [0.5, 0.6) is 0 Å². The van der Waals surface area contributed by atoms with E-state index in [4.69, 9.17) is 11.6 Å². The summed E-state index contributed by atoms with van der Waals surface area (Å²) in [5, 5.41) is 8.47. The van der Waals surface area contributed by atoms with E-state index in [0.717, 1.165) is 29.3 Å². The lowest BCUT2D eigenvalue weighted by molar-refractivity contribution is 0.951. The third-order valence-corrected chi connectivity index (χ3v) is 3.63. The summed E-state index contributed by atoms with van der Waals surface area (Å²) < 4.78 is 1.99. The minimum Gasteiger partial charge on any atom is -0.278 e. The molecule has 0 radical (unpaired) electrons. The highest BCUT2D eigenvalue weighted by Crippen LogP contribution is 2.23. The third kappa shape index (κ3) is 2.67. The second-order valence-electron chi connectivity index (χ2n) is 4.66. The van der Waals surface area contributed by atoms with E-state index in [2.05, 4.69) is 46.4 Å². The Morgan fingerprint density at radius 2 is 1.71 bits per heavy atom. The standard InChI is InChI=1S/C16H15ClN4/c1-2-12-3-5-14(6-4-12)21-15(11-17)19-20-16(21)13-7-9-18-10-8-13/h3-10H,2,11H2,1H3. The third-order valence-electron chi connectivity index (χ3n) is 3.39. The Morgan fingerprint density at radius 3 is 2.33 bits per heavy atom. The van der Waals surface area contributed by atoms with E-state index >= 15 is 0 Å². The van der Waals surface area contributed by atoms with Crippen LogP contribution in [-0.4, -0.2) is 19.7 Å². The summed E-state index contributed by atoms with van der Waals surface area (Å²) >= 11 is 6.01. The van der Waals surface area contributed by atoms with Crippen molar-refractivity contribution >= 4 is 11.6 Å². The van der Waals surface area contributed by atoms with Gasteiger partial charge in [-0.05, 0) is 36.2 Å². The SMILES string of the molecule is CCc1ccc(-n2c(CCl)nnc2-c2ccncc2)cc1. The molecular formula is C16H15ClN4. The molecule has 2 aromatic heterocycles. The summed E-state index contributed by atoms with van der Waals surface area (Å²) in [7, 11) is 0. The summed E-state index contributed by atoms with van der Waals surface area (Å²) in [6.07, 6.45) is 4.51. The van der Waals surface area contributed by atoms with Crippen molar-refractivity contribution in [1.29, 1.82) is 0 Å². The van der Waals surface area contributed by atoms with Crippen molar-refractivity contribution in [3.05, 3.63) is 60.2 Å². The van der Waals surface area contributed by atoms with Crippen molar-refractivity contribution < 1.29 is 0 Å². The molecule has 4 nitrogen and oxygen atoms in total. The fourth-order valence-corrected chi connectivity index (χ4v) is 2.42. The fraction of sp³-hybridized carbons (Fsp3) is 0.188. The van der Waals surface area contributed by atoms with E-state index in [1.807, 2.05) is 16.7 Å². The number of pyridine rings is 1. The van der Waals surface area contributed by atoms with Gasteiger partial charge >= 0.3 is 0 Å². The maximum Gasteiger partial charge on any atom is 0.168 e. The van der Waals surface area contributed by atoms with Gasteiger partial charge in [-0.3, -0.25) is 9.55 Å². The molecule has 0 unspecified atom stereocenters. The van der Waals surface area contributed by atoms with Crippen LogP contribution in [-0.2, 0) is 12.3 Å². The molecule has 5 heteroatoms. The smallest absolute Gasteiger partial charge is 0.168 e. The van der Waals surface area contributed by atoms with Gasteiger partial charge in [-0.25, -0.2) is 0 Å². The molecule has 0 amide bonds. The van der Waals surface area contributed by atoms with Gasteiger partial charge in [0, 0.05) is 23.6 Å². The normalized spacial score (nSPS) is 10.8. The minimum atomic E-state index is 0.313. The molecule has 0 saturated carbocycles. The first-order valence-corrected chi connectivity index (χ1v) is 7.37. The topological polar surface area (TPSA) is 43.6 Å². The number of alkyl halides is 1. The Kier molecular flexibility index (Phi) is 3.97. The van der Waals surface area contributed by atoms with Crippen molar-refractivity contribution in [3.63, 3.8) is 0 Å². The van der Waals surface area contributed by atoms with Crippen molar-refractivity contribution in [2.45, 2.75) is 19.2 Å². The van der Waals surface area contributed by atoms with Gasteiger partial charge in [0.15, 0.2) is 11.6 Å². The molecule has 0 aliphatic heterocycles. The summed E-state index contributed by atoms with van der Waals surface area (Å²) in [5.74, 6) is 1.82. The molecular weight excluding hydrogens is 284 g/mol. The molecule has 1 aromatic carbocycles. The average Bonchev–Trinajstić information content (AvgIpc) is 2.99. The molecule has 0 spiro atoms. The molecule has 0 aliphatic rings. The lowest BCUT2D eigenvalue weighted by Gasteiger charge is -2.10. The number of nitrogens with zero attached hydrogens (tertiary/aromatic N) is 4. The van der Waals surface area contributed by atoms with Crippen LogP contribution in [0.1, 0.15) is 18.3 Å². The highest BCUT2D eigenvalue weighted by atomic mass is 35.5. The summed E-state index contributed by atoms with van der Waals surface area (Å²) in [5.41, 5.74) is 3.28. The first kappa shape index (κ1) is 13.8.